The summed E-state index contributed by atoms with van der Waals surface area (Å²) in [5.41, 5.74) is 0. The number of amides is 2. The molecular formula is C52H88N2O40. The van der Waals surface area contributed by atoms with Gasteiger partial charge in [0, 0.05) is 13.8 Å². The number of aliphatic hydroxyl groups is 23. The summed E-state index contributed by atoms with van der Waals surface area (Å²) in [7, 11) is 0. The van der Waals surface area contributed by atoms with Crippen molar-refractivity contribution in [2.75, 3.05) is 46.2 Å². The van der Waals surface area contributed by atoms with Crippen LogP contribution in [0, 0.1) is 0 Å². The lowest BCUT2D eigenvalue weighted by Crippen LogP contribution is -2.70. The van der Waals surface area contributed by atoms with Crippen LogP contribution in [0.4, 0.5) is 0 Å². The van der Waals surface area contributed by atoms with Gasteiger partial charge in [0.15, 0.2) is 50.3 Å². The van der Waals surface area contributed by atoms with E-state index in [1.54, 1.807) is 0 Å². The molecule has 8 heterocycles. The normalized spacial score (nSPS) is 51.2. The minimum absolute atomic E-state index is 0.789. The zero-order valence-corrected chi connectivity index (χ0v) is 50.3. The molecule has 0 aromatic rings. The summed E-state index contributed by atoms with van der Waals surface area (Å²) in [5.74, 6) is -1.71. The highest BCUT2D eigenvalue weighted by Gasteiger charge is 2.59. The Labute approximate surface area is 532 Å². The Kier molecular flexibility index (Phi) is 27.3. The molecule has 0 radical (unpaired) electrons. The molecule has 546 valence electrons. The Balaban J connectivity index is 1.07. The van der Waals surface area contributed by atoms with E-state index in [2.05, 4.69) is 10.6 Å². The molecule has 94 heavy (non-hydrogen) atoms. The molecule has 42 heteroatoms. The fourth-order valence-electron chi connectivity index (χ4n) is 11.9. The van der Waals surface area contributed by atoms with Gasteiger partial charge in [-0.15, -0.1) is 0 Å². The van der Waals surface area contributed by atoms with Crippen molar-refractivity contribution in [3.05, 3.63) is 0 Å². The highest BCUT2D eigenvalue weighted by atomic mass is 16.8. The predicted molar refractivity (Wildman–Crippen MR) is 286 cm³/mol. The Bertz CT molecular complexity index is 2360. The van der Waals surface area contributed by atoms with E-state index in [1.807, 2.05) is 0 Å². The first kappa shape index (κ1) is 77.2. The zero-order valence-electron chi connectivity index (χ0n) is 50.3. The number of carbonyl (C=O) groups excluding carboxylic acids is 2. The molecule has 8 saturated heterocycles. The fraction of sp³-hybridized carbons (Fsp3) is 0.962. The lowest BCUT2D eigenvalue weighted by Gasteiger charge is -2.50. The summed E-state index contributed by atoms with van der Waals surface area (Å²) in [6, 6.07) is -3.58. The second-order valence-electron chi connectivity index (χ2n) is 23.9. The molecule has 42 nitrogen and oxygen atoms in total. The predicted octanol–water partition coefficient (Wildman–Crippen LogP) is -17.1. The van der Waals surface area contributed by atoms with Crippen LogP contribution in [-0.2, 0) is 80.6 Å². The monoisotopic (exact) mass is 1380 g/mol. The van der Waals surface area contributed by atoms with Gasteiger partial charge in [-0.05, 0) is 6.92 Å². The van der Waals surface area contributed by atoms with Gasteiger partial charge in [0.1, 0.15) is 189 Å². The van der Waals surface area contributed by atoms with Crippen LogP contribution in [0.5, 0.6) is 0 Å². The first-order valence-corrected chi connectivity index (χ1v) is 30.0. The van der Waals surface area contributed by atoms with Crippen LogP contribution in [0.2, 0.25) is 0 Å². The molecule has 0 aromatic carbocycles. The molecule has 8 rings (SSSR count). The van der Waals surface area contributed by atoms with E-state index >= 15 is 0 Å². The molecule has 0 aromatic heterocycles. The van der Waals surface area contributed by atoms with Crippen molar-refractivity contribution in [1.29, 1.82) is 0 Å². The van der Waals surface area contributed by atoms with Crippen molar-refractivity contribution < 1.29 is 198 Å². The van der Waals surface area contributed by atoms with Gasteiger partial charge < -0.3 is 199 Å². The van der Waals surface area contributed by atoms with Crippen LogP contribution in [0.15, 0.2) is 0 Å². The number of nitrogens with one attached hydrogen (secondary N) is 2. The third-order valence-electron chi connectivity index (χ3n) is 17.4. The third kappa shape index (κ3) is 16.7. The second-order valence-corrected chi connectivity index (χ2v) is 23.9. The van der Waals surface area contributed by atoms with Crippen LogP contribution in [-0.4, -0.2) is 421 Å². The molecule has 2 amide bonds. The van der Waals surface area contributed by atoms with Gasteiger partial charge in [0.05, 0.1) is 52.4 Å². The molecule has 1 unspecified atom stereocenters. The van der Waals surface area contributed by atoms with Crippen LogP contribution >= 0.6 is 0 Å². The van der Waals surface area contributed by atoms with Crippen molar-refractivity contribution >= 4 is 11.8 Å². The van der Waals surface area contributed by atoms with Crippen molar-refractivity contribution in [2.24, 2.45) is 0 Å². The van der Waals surface area contributed by atoms with Crippen molar-refractivity contribution in [2.45, 2.75) is 266 Å². The van der Waals surface area contributed by atoms with Gasteiger partial charge in [-0.25, -0.2) is 0 Å². The third-order valence-corrected chi connectivity index (χ3v) is 17.4. The smallest absolute Gasteiger partial charge is 0.217 e. The first-order chi connectivity index (χ1) is 44.4. The molecule has 40 atom stereocenters. The van der Waals surface area contributed by atoms with E-state index in [0.29, 0.717) is 0 Å². The second kappa shape index (κ2) is 33.3. The number of ether oxygens (including phenoxy) is 15. The molecule has 8 aliphatic rings. The molecule has 8 fully saturated rings. The standard InChI is InChI=1S/C52H88N2O40/c1-11-23(61)31(69)35(73)47(83-11)82-10-20-42(29(67)21(45(79)84-20)53-12(2)59)91-46-22(54-13(3)60)30(68)41(17(7-58)88-46)92-52-40(78)44(94-51-38(76)34(72)26(64)16(6-57)87-51)28(66)19(90-52)9-81-49-39(77)43(93-50-37(75)33(71)25(63)15(5-56)86-50)27(65)18(89-49)8-80-48-36(74)32(70)24(62)14(4-55)85-48/h11,14-52,55-58,61-79H,4-10H2,1-3H3,(H,53,59)(H,54,60)/t11-,14+,15+,16+,17+,18+,19+,20+,21+,22+,23+,24+,25+,26+,27+,28+,29+,30+,31+,32-,33-,34-,35-,36-,37-,38-,39-,40-,41+,42+,43-,44-,45?,46-,47+,48-,49-,50+,51+,52-/m0/s1. The topological polar surface area (TPSA) is 662 Å². The van der Waals surface area contributed by atoms with Crippen LogP contribution in [0.3, 0.4) is 0 Å². The van der Waals surface area contributed by atoms with Crippen LogP contribution < -0.4 is 10.6 Å². The number of aliphatic hydroxyl groups excluding tert-OH is 23. The van der Waals surface area contributed by atoms with E-state index in [1.165, 1.54) is 6.92 Å². The maximum atomic E-state index is 12.9. The highest BCUT2D eigenvalue weighted by molar-refractivity contribution is 5.73. The minimum atomic E-state index is -2.39. The molecule has 8 aliphatic heterocycles. The van der Waals surface area contributed by atoms with Gasteiger partial charge >= 0.3 is 0 Å². The Morgan fingerprint density at radius 2 is 0.606 bits per heavy atom. The summed E-state index contributed by atoms with van der Waals surface area (Å²) in [6.45, 7) is -3.53. The first-order valence-electron chi connectivity index (χ1n) is 30.0. The average Bonchev–Trinajstić information content (AvgIpc) is 0.778. The summed E-state index contributed by atoms with van der Waals surface area (Å²) >= 11 is 0. The number of rotatable bonds is 23. The molecule has 25 N–H and O–H groups in total. The molecule has 0 bridgehead atoms. The number of hydrogen-bond donors (Lipinski definition) is 25. The van der Waals surface area contributed by atoms with Crippen molar-refractivity contribution in [3.8, 4) is 0 Å². The fourth-order valence-corrected chi connectivity index (χ4v) is 11.9. The Morgan fingerprint density at radius 3 is 1.06 bits per heavy atom. The van der Waals surface area contributed by atoms with Gasteiger partial charge in [0.25, 0.3) is 0 Å². The van der Waals surface area contributed by atoms with Crippen LogP contribution in [0.25, 0.3) is 0 Å². The molecule has 0 aliphatic carbocycles. The SMILES string of the molecule is CC(=O)N[C@H]1[C@H](O[C@H]2[C@H](O)[C@@H](NC(C)=O)C(O)O[C@@H]2CO[C@@H]2O[C@@H](C)[C@@H](O)[C@@H](O)[C@@H]2O)O[C@H](CO)[C@@H](O[C@@H]2O[C@H](CO[C@H]3O[C@H](CO[C@H]4O[C@H](CO)[C@@H](O)[C@H](O)[C@@H]4O)[C@@H](O)[C@H](O[C@H]4O[C@H](CO)[C@@H](O)[C@H](O)[C@@H]4O)[C@@H]3O)[C@@H](O)[C@H](O[C@H]3O[C@H](CO)[C@@H](O)[C@H](O)[C@@H]3O)[C@@H]2O)[C@@H]1O. The van der Waals surface area contributed by atoms with Gasteiger partial charge in [0.2, 0.25) is 11.8 Å². The van der Waals surface area contributed by atoms with E-state index in [-0.39, 0.29) is 0 Å². The molecule has 0 spiro atoms. The Morgan fingerprint density at radius 1 is 0.298 bits per heavy atom. The zero-order chi connectivity index (χ0) is 69.2. The van der Waals surface area contributed by atoms with E-state index in [0.717, 1.165) is 13.8 Å². The maximum absolute atomic E-state index is 12.9. The van der Waals surface area contributed by atoms with Crippen molar-refractivity contribution in [1.82, 2.24) is 10.6 Å². The van der Waals surface area contributed by atoms with E-state index in [4.69, 9.17) is 71.1 Å². The van der Waals surface area contributed by atoms with Crippen LogP contribution in [0.1, 0.15) is 20.8 Å². The van der Waals surface area contributed by atoms with Gasteiger partial charge in [-0.1, -0.05) is 0 Å². The Hall–Kier alpha value is -2.58. The number of carbonyl (C=O) groups is 2. The summed E-state index contributed by atoms with van der Waals surface area (Å²) < 4.78 is 86.4. The lowest BCUT2D eigenvalue weighted by atomic mass is 9.93. The van der Waals surface area contributed by atoms with Gasteiger partial charge in [-0.2, -0.15) is 0 Å². The quantitative estimate of drug-likeness (QED) is 0.0452. The van der Waals surface area contributed by atoms with E-state index in [9.17, 15) is 127 Å². The lowest BCUT2D eigenvalue weighted by molar-refractivity contribution is -0.388. The minimum Gasteiger partial charge on any atom is -0.394 e. The highest BCUT2D eigenvalue weighted by Crippen LogP contribution is 2.38. The van der Waals surface area contributed by atoms with E-state index < -0.39 is 304 Å². The largest absolute Gasteiger partial charge is 0.394 e. The van der Waals surface area contributed by atoms with Gasteiger partial charge in [-0.3, -0.25) is 9.59 Å². The molecular weight excluding hydrogens is 1290 g/mol. The summed E-state index contributed by atoms with van der Waals surface area (Å²) in [5, 5.41) is 255. The maximum Gasteiger partial charge on any atom is 0.217 e. The number of hydrogen-bond acceptors (Lipinski definition) is 40. The summed E-state index contributed by atoms with van der Waals surface area (Å²) in [4.78, 5) is 25.2. The average molecular weight is 1380 g/mol. The molecule has 0 saturated carbocycles. The summed E-state index contributed by atoms with van der Waals surface area (Å²) in [6.07, 6.45) is -74.7. The van der Waals surface area contributed by atoms with Crippen molar-refractivity contribution in [3.63, 3.8) is 0 Å².